The van der Waals surface area contributed by atoms with E-state index < -0.39 is 0 Å². The summed E-state index contributed by atoms with van der Waals surface area (Å²) in [7, 11) is 0. The summed E-state index contributed by atoms with van der Waals surface area (Å²) in [6.45, 7) is 6.68. The predicted molar refractivity (Wildman–Crippen MR) is 97.3 cm³/mol. The maximum absolute atomic E-state index is 6.15. The largest absolute Gasteiger partial charge is 0.370 e. The second-order valence-electron chi connectivity index (χ2n) is 5.67. The van der Waals surface area contributed by atoms with Gasteiger partial charge < -0.3 is 10.6 Å². The van der Waals surface area contributed by atoms with Gasteiger partial charge in [0, 0.05) is 35.9 Å². The lowest BCUT2D eigenvalue weighted by atomic mass is 10.2. The van der Waals surface area contributed by atoms with Crippen LogP contribution in [0.15, 0.2) is 35.3 Å². The number of rotatable bonds is 3. The molecular weight excluding hydrogens is 306 g/mol. The summed E-state index contributed by atoms with van der Waals surface area (Å²) >= 11 is 1.97. The third kappa shape index (κ3) is 3.52. The smallest absolute Gasteiger partial charge is 0.191 e. The molecule has 122 valence electrons. The number of benzene rings is 1. The molecule has 1 fully saturated rings. The molecule has 0 aliphatic carbocycles. The zero-order valence-electron chi connectivity index (χ0n) is 13.7. The molecule has 23 heavy (non-hydrogen) atoms. The molecule has 0 atom stereocenters. The van der Waals surface area contributed by atoms with E-state index in [0.717, 1.165) is 47.2 Å². The number of thioether (sulfide) groups is 1. The van der Waals surface area contributed by atoms with Crippen molar-refractivity contribution in [2.75, 3.05) is 24.6 Å². The Morgan fingerprint density at radius 2 is 1.91 bits per heavy atom. The van der Waals surface area contributed by atoms with Gasteiger partial charge in [-0.3, -0.25) is 0 Å². The molecule has 1 aromatic carbocycles. The molecule has 5 nitrogen and oxygen atoms in total. The predicted octanol–water partition coefficient (Wildman–Crippen LogP) is 2.35. The molecule has 3 rings (SSSR count). The van der Waals surface area contributed by atoms with Crippen molar-refractivity contribution in [3.63, 3.8) is 0 Å². The normalized spacial score (nSPS) is 15.9. The van der Waals surface area contributed by atoms with Crippen LogP contribution in [0, 0.1) is 13.8 Å². The molecule has 0 saturated carbocycles. The second-order valence-corrected chi connectivity index (χ2v) is 6.90. The molecule has 6 heteroatoms. The lowest BCUT2D eigenvalue weighted by Crippen LogP contribution is -2.42. The van der Waals surface area contributed by atoms with Crippen molar-refractivity contribution in [3.8, 4) is 5.69 Å². The van der Waals surface area contributed by atoms with Gasteiger partial charge in [0.15, 0.2) is 5.96 Å². The van der Waals surface area contributed by atoms with Crippen molar-refractivity contribution < 1.29 is 0 Å². The van der Waals surface area contributed by atoms with Crippen LogP contribution in [0.1, 0.15) is 17.0 Å². The lowest BCUT2D eigenvalue weighted by Gasteiger charge is -2.27. The van der Waals surface area contributed by atoms with E-state index in [4.69, 9.17) is 5.73 Å². The Morgan fingerprint density at radius 1 is 1.22 bits per heavy atom. The molecular formula is C17H23N5S. The maximum Gasteiger partial charge on any atom is 0.191 e. The van der Waals surface area contributed by atoms with Crippen LogP contribution in [-0.4, -0.2) is 45.2 Å². The van der Waals surface area contributed by atoms with Crippen LogP contribution in [0.4, 0.5) is 0 Å². The summed E-state index contributed by atoms with van der Waals surface area (Å²) in [4.78, 5) is 6.77. The first-order valence-electron chi connectivity index (χ1n) is 7.90. The fraction of sp³-hybridized carbons (Fsp3) is 0.412. The van der Waals surface area contributed by atoms with Gasteiger partial charge in [-0.05, 0) is 26.0 Å². The number of aromatic nitrogens is 2. The Morgan fingerprint density at radius 3 is 2.61 bits per heavy atom. The van der Waals surface area contributed by atoms with Crippen LogP contribution < -0.4 is 5.73 Å². The SMILES string of the molecule is Cc1nn(-c2ccccc2)c(C)c1CN=C(N)N1CCSCC1. The highest BCUT2D eigenvalue weighted by molar-refractivity contribution is 7.99. The zero-order valence-corrected chi connectivity index (χ0v) is 14.5. The minimum atomic E-state index is 0.583. The number of aliphatic imine (C=N–C) groups is 1. The van der Waals surface area contributed by atoms with E-state index in [-0.39, 0.29) is 0 Å². The summed E-state index contributed by atoms with van der Waals surface area (Å²) < 4.78 is 1.98. The van der Waals surface area contributed by atoms with Crippen LogP contribution >= 0.6 is 11.8 Å². The molecule has 2 N–H and O–H groups in total. The molecule has 0 unspecified atom stereocenters. The van der Waals surface area contributed by atoms with Gasteiger partial charge in [0.2, 0.25) is 0 Å². The Hall–Kier alpha value is -1.95. The van der Waals surface area contributed by atoms with Gasteiger partial charge in [0.25, 0.3) is 0 Å². The molecule has 0 spiro atoms. The molecule has 0 amide bonds. The van der Waals surface area contributed by atoms with E-state index in [1.54, 1.807) is 0 Å². The third-order valence-electron chi connectivity index (χ3n) is 4.18. The Labute approximate surface area is 141 Å². The van der Waals surface area contributed by atoms with Crippen LogP contribution in [0.25, 0.3) is 5.69 Å². The monoisotopic (exact) mass is 329 g/mol. The summed E-state index contributed by atoms with van der Waals surface area (Å²) in [6.07, 6.45) is 0. The number of nitrogens with two attached hydrogens (primary N) is 1. The van der Waals surface area contributed by atoms with Crippen molar-refractivity contribution in [1.82, 2.24) is 14.7 Å². The Balaban J connectivity index is 1.79. The van der Waals surface area contributed by atoms with E-state index in [9.17, 15) is 0 Å². The quantitative estimate of drug-likeness (QED) is 0.694. The topological polar surface area (TPSA) is 59.4 Å². The zero-order chi connectivity index (χ0) is 16.2. The van der Waals surface area contributed by atoms with E-state index in [0.29, 0.717) is 12.5 Å². The average Bonchev–Trinajstić information content (AvgIpc) is 2.88. The van der Waals surface area contributed by atoms with E-state index in [1.165, 1.54) is 0 Å². The van der Waals surface area contributed by atoms with Crippen molar-refractivity contribution in [3.05, 3.63) is 47.3 Å². The molecule has 1 aliphatic rings. The second kappa shape index (κ2) is 7.08. The van der Waals surface area contributed by atoms with Crippen LogP contribution in [0.5, 0.6) is 0 Å². The van der Waals surface area contributed by atoms with Crippen LogP contribution in [-0.2, 0) is 6.54 Å². The molecule has 2 aromatic rings. The lowest BCUT2D eigenvalue weighted by molar-refractivity contribution is 0.455. The van der Waals surface area contributed by atoms with Gasteiger partial charge >= 0.3 is 0 Å². The van der Waals surface area contributed by atoms with Crippen molar-refractivity contribution in [1.29, 1.82) is 0 Å². The molecule has 2 heterocycles. The highest BCUT2D eigenvalue weighted by Crippen LogP contribution is 2.19. The van der Waals surface area contributed by atoms with Gasteiger partial charge in [-0.25, -0.2) is 9.67 Å². The summed E-state index contributed by atoms with van der Waals surface area (Å²) in [5.41, 5.74) is 10.5. The first-order chi connectivity index (χ1) is 11.2. The number of guanidine groups is 1. The Bertz CT molecular complexity index is 687. The average molecular weight is 329 g/mol. The van der Waals surface area contributed by atoms with Crippen LogP contribution in [0.3, 0.4) is 0 Å². The van der Waals surface area contributed by atoms with E-state index >= 15 is 0 Å². The highest BCUT2D eigenvalue weighted by atomic mass is 32.2. The van der Waals surface area contributed by atoms with Crippen molar-refractivity contribution >= 4 is 17.7 Å². The summed E-state index contributed by atoms with van der Waals surface area (Å²) in [5, 5.41) is 4.66. The molecule has 0 bridgehead atoms. The van der Waals surface area contributed by atoms with Gasteiger partial charge in [-0.2, -0.15) is 16.9 Å². The third-order valence-corrected chi connectivity index (χ3v) is 5.12. The number of para-hydroxylation sites is 1. The van der Waals surface area contributed by atoms with Crippen LogP contribution in [0.2, 0.25) is 0 Å². The number of nitrogens with zero attached hydrogens (tertiary/aromatic N) is 4. The first-order valence-corrected chi connectivity index (χ1v) is 9.05. The fourth-order valence-corrected chi connectivity index (χ4v) is 3.68. The molecule has 1 aromatic heterocycles. The minimum Gasteiger partial charge on any atom is -0.370 e. The van der Waals surface area contributed by atoms with Crippen molar-refractivity contribution in [2.24, 2.45) is 10.7 Å². The first kappa shape index (κ1) is 15.9. The number of hydrogen-bond donors (Lipinski definition) is 1. The summed E-state index contributed by atoms with van der Waals surface area (Å²) in [5.74, 6) is 2.90. The molecule has 0 radical (unpaired) electrons. The number of hydrogen-bond acceptors (Lipinski definition) is 3. The molecule has 1 saturated heterocycles. The van der Waals surface area contributed by atoms with Gasteiger partial charge in [-0.1, -0.05) is 18.2 Å². The minimum absolute atomic E-state index is 0.583. The Kier molecular flexibility index (Phi) is 4.91. The van der Waals surface area contributed by atoms with Gasteiger partial charge in [0.1, 0.15) is 0 Å². The molecule has 1 aliphatic heterocycles. The van der Waals surface area contributed by atoms with E-state index in [1.807, 2.05) is 41.6 Å². The highest BCUT2D eigenvalue weighted by Gasteiger charge is 2.15. The number of aryl methyl sites for hydroxylation is 1. The maximum atomic E-state index is 6.15. The van der Waals surface area contributed by atoms with E-state index in [2.05, 4.69) is 34.0 Å². The van der Waals surface area contributed by atoms with Gasteiger partial charge in [-0.15, -0.1) is 0 Å². The van der Waals surface area contributed by atoms with Gasteiger partial charge in [0.05, 0.1) is 17.9 Å². The van der Waals surface area contributed by atoms with Crippen molar-refractivity contribution in [2.45, 2.75) is 20.4 Å². The fourth-order valence-electron chi connectivity index (χ4n) is 2.78. The summed E-state index contributed by atoms with van der Waals surface area (Å²) in [6, 6.07) is 10.2. The standard InChI is InChI=1S/C17H23N5S/c1-13-16(12-19-17(18)21-8-10-23-11-9-21)14(2)22(20-13)15-6-4-3-5-7-15/h3-7H,8-12H2,1-2H3,(H2,18,19).